The van der Waals surface area contributed by atoms with E-state index < -0.39 is 12.8 Å². The summed E-state index contributed by atoms with van der Waals surface area (Å²) in [7, 11) is 0. The molecule has 184 valence electrons. The molecule has 0 aromatic heterocycles. The molecule has 2 N–H and O–H groups in total. The lowest BCUT2D eigenvalue weighted by molar-refractivity contribution is -0.139. The topological polar surface area (TPSA) is 64.0 Å². The fraction of sp³-hybridized carbons (Fsp3) is 0.552. The van der Waals surface area contributed by atoms with Crippen molar-refractivity contribution < 1.29 is 19.4 Å². The van der Waals surface area contributed by atoms with Crippen LogP contribution in [0.25, 0.3) is 0 Å². The molecule has 7 atom stereocenters. The van der Waals surface area contributed by atoms with Gasteiger partial charge in [0, 0.05) is 42.4 Å². The van der Waals surface area contributed by atoms with Crippen LogP contribution < -0.4 is 0 Å². The number of carbonyl (C=O) groups is 1. The van der Waals surface area contributed by atoms with Crippen molar-refractivity contribution in [1.29, 1.82) is 0 Å². The van der Waals surface area contributed by atoms with Gasteiger partial charge in [0.15, 0.2) is 0 Å². The van der Waals surface area contributed by atoms with E-state index in [4.69, 9.17) is 0 Å². The monoisotopic (exact) mass is 476 g/mol. The number of likely N-dealkylation sites (tertiary alicyclic amines) is 2. The van der Waals surface area contributed by atoms with E-state index in [-0.39, 0.29) is 40.7 Å². The van der Waals surface area contributed by atoms with Crippen LogP contribution in [0.4, 0.5) is 4.39 Å². The molecule has 2 saturated heterocycles. The Morgan fingerprint density at radius 1 is 1.14 bits per heavy atom. The third kappa shape index (κ3) is 2.73. The SMILES string of the molecule is O=C1[C@H]2CC34CCC(C2C32CCN(C[C@@H](O)CF)C4Cc3ccc(O)cc32)N1Cc1ccccc1. The number of piperidine rings is 1. The number of hydrogen-bond donors (Lipinski definition) is 2. The van der Waals surface area contributed by atoms with E-state index in [1.54, 1.807) is 6.07 Å². The van der Waals surface area contributed by atoms with E-state index in [9.17, 15) is 19.4 Å². The van der Waals surface area contributed by atoms with E-state index in [2.05, 4.69) is 28.0 Å². The summed E-state index contributed by atoms with van der Waals surface area (Å²) < 4.78 is 13.3. The number of amides is 1. The van der Waals surface area contributed by atoms with Gasteiger partial charge in [0.25, 0.3) is 0 Å². The fourth-order valence-corrected chi connectivity index (χ4v) is 9.48. The van der Waals surface area contributed by atoms with E-state index in [1.165, 1.54) is 16.7 Å². The van der Waals surface area contributed by atoms with Crippen LogP contribution in [0, 0.1) is 17.3 Å². The molecule has 4 fully saturated rings. The number of alkyl halides is 1. The number of phenolic OH excluding ortho intramolecular Hbond substituents is 1. The lowest BCUT2D eigenvalue weighted by atomic mass is 9.43. The lowest BCUT2D eigenvalue weighted by Gasteiger charge is -2.66. The normalized spacial score (nSPS) is 37.8. The third-order valence-electron chi connectivity index (χ3n) is 10.5. The fourth-order valence-electron chi connectivity index (χ4n) is 9.48. The smallest absolute Gasteiger partial charge is 0.226 e. The van der Waals surface area contributed by atoms with Crippen LogP contribution in [0.1, 0.15) is 42.4 Å². The highest BCUT2D eigenvalue weighted by molar-refractivity contribution is 5.84. The van der Waals surface area contributed by atoms with Gasteiger partial charge >= 0.3 is 0 Å². The highest BCUT2D eigenvalue weighted by atomic mass is 19.1. The van der Waals surface area contributed by atoms with Crippen molar-refractivity contribution in [2.24, 2.45) is 17.3 Å². The molecule has 5 unspecified atom stereocenters. The number of benzene rings is 2. The number of fused-ring (bicyclic) bond motifs is 1. The van der Waals surface area contributed by atoms with Crippen LogP contribution >= 0.6 is 0 Å². The van der Waals surface area contributed by atoms with Crippen molar-refractivity contribution >= 4 is 5.91 Å². The molecule has 5 nitrogen and oxygen atoms in total. The Morgan fingerprint density at radius 2 is 1.97 bits per heavy atom. The Labute approximate surface area is 205 Å². The Hall–Kier alpha value is -2.44. The molecule has 35 heavy (non-hydrogen) atoms. The Bertz CT molecular complexity index is 1170. The average molecular weight is 477 g/mol. The Morgan fingerprint density at radius 3 is 2.77 bits per heavy atom. The number of hydrogen-bond acceptors (Lipinski definition) is 4. The number of halogens is 1. The van der Waals surface area contributed by atoms with Gasteiger partial charge in [-0.3, -0.25) is 9.69 Å². The molecule has 2 aromatic rings. The number of rotatable bonds is 5. The first-order valence-corrected chi connectivity index (χ1v) is 13.1. The summed E-state index contributed by atoms with van der Waals surface area (Å²) in [6, 6.07) is 16.5. The molecule has 0 radical (unpaired) electrons. The molecule has 7 rings (SSSR count). The quantitative estimate of drug-likeness (QED) is 0.694. The molecule has 2 heterocycles. The molecule has 1 amide bonds. The molecule has 2 aliphatic heterocycles. The minimum absolute atomic E-state index is 0.00643. The maximum absolute atomic E-state index is 14.0. The van der Waals surface area contributed by atoms with Gasteiger partial charge in [-0.25, -0.2) is 4.39 Å². The van der Waals surface area contributed by atoms with Crippen LogP contribution in [-0.4, -0.2) is 63.9 Å². The van der Waals surface area contributed by atoms with Crippen molar-refractivity contribution in [1.82, 2.24) is 9.80 Å². The van der Waals surface area contributed by atoms with Crippen LogP contribution in [0.3, 0.4) is 0 Å². The number of aliphatic hydroxyl groups is 1. The van der Waals surface area contributed by atoms with Crippen molar-refractivity contribution in [3.63, 3.8) is 0 Å². The molecule has 0 spiro atoms. The second-order valence-corrected chi connectivity index (χ2v) is 11.6. The summed E-state index contributed by atoms with van der Waals surface area (Å²) >= 11 is 0. The molecule has 4 bridgehead atoms. The van der Waals surface area contributed by atoms with E-state index in [0.29, 0.717) is 18.8 Å². The summed E-state index contributed by atoms with van der Waals surface area (Å²) in [5, 5.41) is 20.8. The largest absolute Gasteiger partial charge is 0.508 e. The van der Waals surface area contributed by atoms with Gasteiger partial charge in [-0.15, -0.1) is 0 Å². The van der Waals surface area contributed by atoms with Crippen LogP contribution in [0.15, 0.2) is 48.5 Å². The summed E-state index contributed by atoms with van der Waals surface area (Å²) in [6.07, 6.45) is 3.64. The highest BCUT2D eigenvalue weighted by Crippen LogP contribution is 2.75. The molecule has 2 saturated carbocycles. The first kappa shape index (κ1) is 21.8. The van der Waals surface area contributed by atoms with Crippen molar-refractivity contribution in [2.75, 3.05) is 19.8 Å². The maximum atomic E-state index is 14.0. The third-order valence-corrected chi connectivity index (χ3v) is 10.5. The van der Waals surface area contributed by atoms with Gasteiger partial charge in [0.2, 0.25) is 5.91 Å². The standard InChI is InChI=1S/C29H33FN2O3/c30-15-21(34)17-31-11-10-29-23-13-20(33)7-6-19(23)12-25(31)28(29)9-8-24-26(29)22(14-28)27(35)32(24)16-18-4-2-1-3-5-18/h1-7,13,21-22,24-26,33-34H,8-12,14-17H2/t21-,22-,24?,25?,26?,28?,29?/m0/s1. The van der Waals surface area contributed by atoms with Crippen LogP contribution in [-0.2, 0) is 23.2 Å². The van der Waals surface area contributed by atoms with Gasteiger partial charge in [0.1, 0.15) is 12.4 Å². The molecule has 6 heteroatoms. The van der Waals surface area contributed by atoms with Crippen molar-refractivity contribution in [3.05, 3.63) is 65.2 Å². The summed E-state index contributed by atoms with van der Waals surface area (Å²) in [4.78, 5) is 18.5. The first-order valence-electron chi connectivity index (χ1n) is 13.1. The number of aliphatic hydroxyl groups excluding tert-OH is 1. The van der Waals surface area contributed by atoms with Gasteiger partial charge in [-0.2, -0.15) is 0 Å². The average Bonchev–Trinajstić information content (AvgIpc) is 3.24. The Balaban J connectivity index is 1.35. The summed E-state index contributed by atoms with van der Waals surface area (Å²) in [5.74, 6) is 0.818. The summed E-state index contributed by atoms with van der Waals surface area (Å²) in [5.41, 5.74) is 3.45. The molecule has 3 aliphatic carbocycles. The second kappa shape index (κ2) is 7.53. The number of nitrogens with zero attached hydrogens (tertiary/aromatic N) is 2. The Kier molecular flexibility index (Phi) is 4.69. The predicted octanol–water partition coefficient (Wildman–Crippen LogP) is 3.42. The van der Waals surface area contributed by atoms with E-state index >= 15 is 0 Å². The minimum Gasteiger partial charge on any atom is -0.508 e. The van der Waals surface area contributed by atoms with E-state index in [0.717, 1.165) is 38.6 Å². The highest BCUT2D eigenvalue weighted by Gasteiger charge is 2.77. The van der Waals surface area contributed by atoms with Gasteiger partial charge in [0.05, 0.1) is 6.10 Å². The van der Waals surface area contributed by atoms with E-state index in [1.807, 2.05) is 24.3 Å². The zero-order valence-corrected chi connectivity index (χ0v) is 19.9. The second-order valence-electron chi connectivity index (χ2n) is 11.6. The van der Waals surface area contributed by atoms with Crippen molar-refractivity contribution in [3.8, 4) is 5.75 Å². The van der Waals surface area contributed by atoms with Crippen molar-refractivity contribution in [2.45, 2.75) is 62.3 Å². The number of aromatic hydroxyl groups is 1. The molecular formula is C29H33FN2O3. The lowest BCUT2D eigenvalue weighted by Crippen LogP contribution is -2.70. The van der Waals surface area contributed by atoms with Gasteiger partial charge < -0.3 is 15.1 Å². The maximum Gasteiger partial charge on any atom is 0.226 e. The molecular weight excluding hydrogens is 443 g/mol. The zero-order valence-electron chi connectivity index (χ0n) is 19.9. The number of carbonyl (C=O) groups excluding carboxylic acids is 1. The molecule has 2 aromatic carbocycles. The zero-order chi connectivity index (χ0) is 23.9. The first-order chi connectivity index (χ1) is 17.0. The van der Waals surface area contributed by atoms with Gasteiger partial charge in [-0.1, -0.05) is 36.4 Å². The molecule has 5 aliphatic rings. The minimum atomic E-state index is -0.972. The summed E-state index contributed by atoms with van der Waals surface area (Å²) in [6.45, 7) is 1.07. The van der Waals surface area contributed by atoms with Crippen LogP contribution in [0.2, 0.25) is 0 Å². The predicted molar refractivity (Wildman–Crippen MR) is 129 cm³/mol. The number of β-amino-alcohol motifs (C(OH)–C–C–N with tert-alkyl or cyclic N) is 1. The number of phenols is 1. The van der Waals surface area contributed by atoms with Crippen LogP contribution in [0.5, 0.6) is 5.75 Å². The van der Waals surface area contributed by atoms with Gasteiger partial charge in [-0.05, 0) is 72.9 Å².